The first-order chi connectivity index (χ1) is 9.46. The lowest BCUT2D eigenvalue weighted by Gasteiger charge is -2.13. The summed E-state index contributed by atoms with van der Waals surface area (Å²) in [5.41, 5.74) is 0.102. The van der Waals surface area contributed by atoms with Crippen molar-refractivity contribution < 1.29 is 14.5 Å². The Balaban J connectivity index is 2.04. The standard InChI is InChI=1S/C13H14INO4S/c1-19-12(16)7-13(4-5-13)8-20-11-3-2-9(14)6-10(11)15(17)18/h2-3,6H,4-5,7-8H2,1H3. The van der Waals surface area contributed by atoms with Crippen molar-refractivity contribution in [1.29, 1.82) is 0 Å². The molecule has 0 saturated heterocycles. The fraction of sp³-hybridized carbons (Fsp3) is 0.462. The Hall–Kier alpha value is -0.830. The second-order valence-electron chi connectivity index (χ2n) is 4.91. The predicted octanol–water partition coefficient (Wildman–Crippen LogP) is 3.63. The highest BCUT2D eigenvalue weighted by molar-refractivity contribution is 14.1. The number of hydrogen-bond donors (Lipinski definition) is 0. The van der Waals surface area contributed by atoms with Crippen LogP contribution in [-0.2, 0) is 9.53 Å². The molecular formula is C13H14INO4S. The summed E-state index contributed by atoms with van der Waals surface area (Å²) >= 11 is 3.51. The number of benzene rings is 1. The van der Waals surface area contributed by atoms with E-state index in [9.17, 15) is 14.9 Å². The molecule has 0 amide bonds. The number of nitro groups is 1. The number of thioether (sulfide) groups is 1. The van der Waals surface area contributed by atoms with Crippen LogP contribution in [0.15, 0.2) is 23.1 Å². The van der Waals surface area contributed by atoms with Crippen molar-refractivity contribution in [3.05, 3.63) is 31.9 Å². The van der Waals surface area contributed by atoms with Gasteiger partial charge in [-0.2, -0.15) is 0 Å². The number of halogens is 1. The van der Waals surface area contributed by atoms with Crippen LogP contribution < -0.4 is 0 Å². The van der Waals surface area contributed by atoms with E-state index in [4.69, 9.17) is 4.74 Å². The van der Waals surface area contributed by atoms with Crippen LogP contribution in [0.2, 0.25) is 0 Å². The molecule has 0 bridgehead atoms. The van der Waals surface area contributed by atoms with Crippen molar-refractivity contribution in [2.75, 3.05) is 12.9 Å². The highest BCUT2D eigenvalue weighted by Crippen LogP contribution is 2.52. The molecule has 0 atom stereocenters. The van der Waals surface area contributed by atoms with Crippen LogP contribution in [0.4, 0.5) is 5.69 Å². The summed E-state index contributed by atoms with van der Waals surface area (Å²) in [7, 11) is 1.38. The number of carbonyl (C=O) groups excluding carboxylic acids is 1. The van der Waals surface area contributed by atoms with Crippen molar-refractivity contribution in [2.45, 2.75) is 24.2 Å². The fourth-order valence-electron chi connectivity index (χ4n) is 1.91. The van der Waals surface area contributed by atoms with E-state index in [1.54, 1.807) is 12.1 Å². The molecule has 5 nitrogen and oxygen atoms in total. The quantitative estimate of drug-likeness (QED) is 0.237. The third-order valence-corrected chi connectivity index (χ3v) is 5.44. The maximum atomic E-state index is 11.4. The summed E-state index contributed by atoms with van der Waals surface area (Å²) in [5.74, 6) is 0.504. The van der Waals surface area contributed by atoms with E-state index >= 15 is 0 Å². The number of carbonyl (C=O) groups is 1. The summed E-state index contributed by atoms with van der Waals surface area (Å²) in [6, 6.07) is 5.21. The van der Waals surface area contributed by atoms with E-state index in [1.807, 2.05) is 6.07 Å². The Morgan fingerprint density at radius 3 is 2.80 bits per heavy atom. The van der Waals surface area contributed by atoms with E-state index in [0.29, 0.717) is 17.1 Å². The van der Waals surface area contributed by atoms with Gasteiger partial charge in [0.15, 0.2) is 0 Å². The van der Waals surface area contributed by atoms with Gasteiger partial charge in [0.25, 0.3) is 5.69 Å². The van der Waals surface area contributed by atoms with Gasteiger partial charge in [0, 0.05) is 15.4 Å². The van der Waals surface area contributed by atoms with Crippen molar-refractivity contribution in [3.63, 3.8) is 0 Å². The molecule has 0 N–H and O–H groups in total. The average Bonchev–Trinajstić information content (AvgIpc) is 3.17. The normalized spacial score (nSPS) is 15.7. The molecule has 1 aromatic rings. The molecule has 1 saturated carbocycles. The van der Waals surface area contributed by atoms with Gasteiger partial charge in [-0.15, -0.1) is 11.8 Å². The zero-order valence-corrected chi connectivity index (χ0v) is 13.9. The van der Waals surface area contributed by atoms with Gasteiger partial charge in [-0.3, -0.25) is 14.9 Å². The SMILES string of the molecule is COC(=O)CC1(CSc2ccc(I)cc2[N+](=O)[O-])CC1. The minimum Gasteiger partial charge on any atom is -0.469 e. The van der Waals surface area contributed by atoms with Gasteiger partial charge >= 0.3 is 5.97 Å². The molecule has 0 aliphatic heterocycles. The topological polar surface area (TPSA) is 69.4 Å². The predicted molar refractivity (Wildman–Crippen MR) is 84.8 cm³/mol. The number of nitro benzene ring substituents is 1. The molecule has 0 heterocycles. The summed E-state index contributed by atoms with van der Waals surface area (Å²) in [6.07, 6.45) is 2.36. The maximum Gasteiger partial charge on any atom is 0.306 e. The first kappa shape index (κ1) is 15.6. The molecule has 1 aliphatic carbocycles. The van der Waals surface area contributed by atoms with Crippen LogP contribution in [0.1, 0.15) is 19.3 Å². The maximum absolute atomic E-state index is 11.4. The van der Waals surface area contributed by atoms with Crippen LogP contribution in [0, 0.1) is 19.1 Å². The molecule has 0 radical (unpaired) electrons. The first-order valence-corrected chi connectivity index (χ1v) is 8.16. The minimum atomic E-state index is -0.357. The van der Waals surface area contributed by atoms with Crippen molar-refractivity contribution >= 4 is 46.0 Å². The molecule has 2 rings (SSSR count). The molecule has 1 fully saturated rings. The van der Waals surface area contributed by atoms with Crippen LogP contribution >= 0.6 is 34.4 Å². The first-order valence-electron chi connectivity index (χ1n) is 6.09. The summed E-state index contributed by atoms with van der Waals surface area (Å²) in [5, 5.41) is 11.1. The lowest BCUT2D eigenvalue weighted by molar-refractivity contribution is -0.387. The molecule has 7 heteroatoms. The molecule has 1 aliphatic rings. The molecule has 20 heavy (non-hydrogen) atoms. The largest absolute Gasteiger partial charge is 0.469 e. The van der Waals surface area contributed by atoms with Crippen molar-refractivity contribution in [2.24, 2.45) is 5.41 Å². The molecule has 1 aromatic carbocycles. The number of nitrogens with zero attached hydrogens (tertiary/aromatic N) is 1. The number of hydrogen-bond acceptors (Lipinski definition) is 5. The second-order valence-corrected chi connectivity index (χ2v) is 7.17. The van der Waals surface area contributed by atoms with E-state index in [-0.39, 0.29) is 22.0 Å². The molecular weight excluding hydrogens is 393 g/mol. The smallest absolute Gasteiger partial charge is 0.306 e. The number of methoxy groups -OCH3 is 1. The zero-order valence-electron chi connectivity index (χ0n) is 10.9. The third-order valence-electron chi connectivity index (χ3n) is 3.36. The minimum absolute atomic E-state index is 0.0331. The highest BCUT2D eigenvalue weighted by atomic mass is 127. The van der Waals surface area contributed by atoms with Crippen LogP contribution in [-0.4, -0.2) is 23.8 Å². The highest BCUT2D eigenvalue weighted by Gasteiger charge is 2.44. The van der Waals surface area contributed by atoms with E-state index in [0.717, 1.165) is 16.4 Å². The lowest BCUT2D eigenvalue weighted by Crippen LogP contribution is -2.13. The van der Waals surface area contributed by atoms with Crippen LogP contribution in [0.3, 0.4) is 0 Å². The van der Waals surface area contributed by atoms with Gasteiger partial charge in [-0.05, 0) is 53.0 Å². The average molecular weight is 407 g/mol. The van der Waals surface area contributed by atoms with Gasteiger partial charge in [0.2, 0.25) is 0 Å². The van der Waals surface area contributed by atoms with Crippen LogP contribution in [0.25, 0.3) is 0 Å². The Morgan fingerprint density at radius 1 is 1.55 bits per heavy atom. The fourth-order valence-corrected chi connectivity index (χ4v) is 3.69. The van der Waals surface area contributed by atoms with Gasteiger partial charge < -0.3 is 4.74 Å². The molecule has 0 unspecified atom stereocenters. The van der Waals surface area contributed by atoms with Gasteiger partial charge in [-0.1, -0.05) is 0 Å². The van der Waals surface area contributed by atoms with E-state index in [1.165, 1.54) is 18.9 Å². The second kappa shape index (κ2) is 6.30. The van der Waals surface area contributed by atoms with E-state index in [2.05, 4.69) is 22.6 Å². The molecule has 0 spiro atoms. The monoisotopic (exact) mass is 407 g/mol. The Bertz CT molecular complexity index is 545. The third kappa shape index (κ3) is 3.85. The molecule has 108 valence electrons. The lowest BCUT2D eigenvalue weighted by atomic mass is 10.1. The van der Waals surface area contributed by atoms with Gasteiger partial charge in [-0.25, -0.2) is 0 Å². The summed E-state index contributed by atoms with van der Waals surface area (Å²) < 4.78 is 5.54. The van der Waals surface area contributed by atoms with Gasteiger partial charge in [0.1, 0.15) is 0 Å². The Morgan fingerprint density at radius 2 is 2.25 bits per heavy atom. The van der Waals surface area contributed by atoms with Gasteiger partial charge in [0.05, 0.1) is 23.3 Å². The van der Waals surface area contributed by atoms with Crippen molar-refractivity contribution in [1.82, 2.24) is 0 Å². The number of ether oxygens (including phenoxy) is 1. The Kier molecular flexibility index (Phi) is 4.90. The summed E-state index contributed by atoms with van der Waals surface area (Å²) in [6.45, 7) is 0. The Labute approximate surface area is 134 Å². The molecule has 0 aromatic heterocycles. The summed E-state index contributed by atoms with van der Waals surface area (Å²) in [4.78, 5) is 22.7. The van der Waals surface area contributed by atoms with Crippen molar-refractivity contribution in [3.8, 4) is 0 Å². The van der Waals surface area contributed by atoms with E-state index < -0.39 is 0 Å². The zero-order chi connectivity index (χ0) is 14.8. The number of rotatable bonds is 6. The van der Waals surface area contributed by atoms with Crippen LogP contribution in [0.5, 0.6) is 0 Å². The number of esters is 1.